The second-order valence-electron chi connectivity index (χ2n) is 8.25. The van der Waals surface area contributed by atoms with E-state index in [1.807, 2.05) is 6.07 Å². The average Bonchev–Trinajstić information content (AvgIpc) is 2.87. The fraction of sp³-hybridized carbons (Fsp3) is 0.200. The fourth-order valence-electron chi connectivity index (χ4n) is 3.83. The van der Waals surface area contributed by atoms with E-state index < -0.39 is 27.7 Å². The monoisotopic (exact) mass is 583 g/mol. The first-order chi connectivity index (χ1) is 17.9. The van der Waals surface area contributed by atoms with E-state index in [2.05, 4.69) is 0 Å². The highest BCUT2D eigenvalue weighted by Gasteiger charge is 2.34. The number of ether oxygens (including phenoxy) is 1. The van der Waals surface area contributed by atoms with Crippen LogP contribution in [0.15, 0.2) is 65.6 Å². The second-order valence-corrected chi connectivity index (χ2v) is 11.0. The standard InChI is InChI=1S/C25H18Cl2F3N3O4S/c26-19-12-20(27)14-21(13-19)37-22-6-1-16(15-31)11-23(22)38(35,36)33-9-7-32(8-10-33)24(34)17-2-4-18(5-3-17)25(28,29)30/h1-6,11-14H,7-10H2. The van der Waals surface area contributed by atoms with Crippen molar-refractivity contribution < 1.29 is 31.1 Å². The minimum atomic E-state index is -4.52. The zero-order valence-corrected chi connectivity index (χ0v) is 21.7. The number of hydrogen-bond acceptors (Lipinski definition) is 5. The van der Waals surface area contributed by atoms with E-state index in [4.69, 9.17) is 27.9 Å². The first-order valence-electron chi connectivity index (χ1n) is 11.0. The Morgan fingerprint density at radius 1 is 0.921 bits per heavy atom. The number of halogens is 5. The molecule has 3 aromatic rings. The van der Waals surface area contributed by atoms with E-state index in [9.17, 15) is 31.6 Å². The summed E-state index contributed by atoms with van der Waals surface area (Å²) in [4.78, 5) is 13.9. The van der Waals surface area contributed by atoms with Crippen molar-refractivity contribution in [1.29, 1.82) is 5.26 Å². The SMILES string of the molecule is N#Cc1ccc(Oc2cc(Cl)cc(Cl)c2)c(S(=O)(=O)N2CCN(C(=O)c3ccc(C(F)(F)F)cc3)CC2)c1. The third kappa shape index (κ3) is 6.05. The van der Waals surface area contributed by atoms with Gasteiger partial charge in [0.25, 0.3) is 5.91 Å². The molecule has 1 fully saturated rings. The molecular weight excluding hydrogens is 566 g/mol. The van der Waals surface area contributed by atoms with Crippen LogP contribution in [-0.4, -0.2) is 49.7 Å². The zero-order valence-electron chi connectivity index (χ0n) is 19.4. The third-order valence-electron chi connectivity index (χ3n) is 5.74. The van der Waals surface area contributed by atoms with E-state index in [0.29, 0.717) is 0 Å². The Hall–Kier alpha value is -3.30. The molecule has 1 aliphatic heterocycles. The number of sulfonamides is 1. The van der Waals surface area contributed by atoms with Gasteiger partial charge in [0.05, 0.1) is 17.2 Å². The lowest BCUT2D eigenvalue weighted by atomic mass is 10.1. The highest BCUT2D eigenvalue weighted by Crippen LogP contribution is 2.35. The number of alkyl halides is 3. The number of piperazine rings is 1. The van der Waals surface area contributed by atoms with Gasteiger partial charge < -0.3 is 9.64 Å². The van der Waals surface area contributed by atoms with Crippen LogP contribution in [0, 0.1) is 11.3 Å². The van der Waals surface area contributed by atoms with Crippen molar-refractivity contribution >= 4 is 39.1 Å². The number of hydrogen-bond donors (Lipinski definition) is 0. The molecule has 0 aliphatic carbocycles. The quantitative estimate of drug-likeness (QED) is 0.377. The lowest BCUT2D eigenvalue weighted by Gasteiger charge is -2.34. The molecule has 0 atom stereocenters. The minimum absolute atomic E-state index is 0.0110. The summed E-state index contributed by atoms with van der Waals surface area (Å²) in [5.74, 6) is -0.370. The summed E-state index contributed by atoms with van der Waals surface area (Å²) in [6.07, 6.45) is -4.52. The molecule has 1 amide bonds. The lowest BCUT2D eigenvalue weighted by Crippen LogP contribution is -2.50. The van der Waals surface area contributed by atoms with Gasteiger partial charge in [-0.3, -0.25) is 4.79 Å². The van der Waals surface area contributed by atoms with Gasteiger partial charge in [0, 0.05) is 41.8 Å². The molecule has 0 saturated carbocycles. The van der Waals surface area contributed by atoms with Crippen molar-refractivity contribution in [2.75, 3.05) is 26.2 Å². The molecule has 3 aromatic carbocycles. The number of rotatable bonds is 5. The van der Waals surface area contributed by atoms with Gasteiger partial charge in [-0.15, -0.1) is 0 Å². The number of benzene rings is 3. The van der Waals surface area contributed by atoms with Gasteiger partial charge >= 0.3 is 6.18 Å². The Morgan fingerprint density at radius 2 is 1.53 bits per heavy atom. The molecule has 0 N–H and O–H groups in total. The Labute approximate surface area is 226 Å². The predicted octanol–water partition coefficient (Wildman–Crippen LogP) is 5.82. The first-order valence-corrected chi connectivity index (χ1v) is 13.2. The highest BCUT2D eigenvalue weighted by molar-refractivity contribution is 7.89. The zero-order chi connectivity index (χ0) is 27.7. The van der Waals surface area contributed by atoms with Gasteiger partial charge in [-0.2, -0.15) is 22.7 Å². The van der Waals surface area contributed by atoms with E-state index in [1.165, 1.54) is 41.3 Å². The summed E-state index contributed by atoms with van der Waals surface area (Å²) < 4.78 is 72.4. The third-order valence-corrected chi connectivity index (χ3v) is 8.10. The molecule has 1 saturated heterocycles. The predicted molar refractivity (Wildman–Crippen MR) is 134 cm³/mol. The number of amides is 1. The number of carbonyl (C=O) groups excluding carboxylic acids is 1. The van der Waals surface area contributed by atoms with Crippen LogP contribution in [0.4, 0.5) is 13.2 Å². The Balaban J connectivity index is 1.53. The maximum atomic E-state index is 13.6. The van der Waals surface area contributed by atoms with Crippen LogP contribution in [0.2, 0.25) is 10.0 Å². The molecule has 0 radical (unpaired) electrons. The van der Waals surface area contributed by atoms with Gasteiger partial charge in [-0.25, -0.2) is 8.42 Å². The summed E-state index contributed by atoms with van der Waals surface area (Å²) in [6.45, 7) is -0.129. The molecule has 13 heteroatoms. The van der Waals surface area contributed by atoms with Crippen LogP contribution in [-0.2, 0) is 16.2 Å². The maximum absolute atomic E-state index is 13.6. The average molecular weight is 584 g/mol. The lowest BCUT2D eigenvalue weighted by molar-refractivity contribution is -0.137. The second kappa shape index (κ2) is 10.8. The van der Waals surface area contributed by atoms with Gasteiger partial charge in [-0.05, 0) is 60.7 Å². The summed E-state index contributed by atoms with van der Waals surface area (Å²) in [5.41, 5.74) is -0.717. The molecule has 0 unspecified atom stereocenters. The van der Waals surface area contributed by atoms with Gasteiger partial charge in [0.15, 0.2) is 0 Å². The summed E-state index contributed by atoms with van der Waals surface area (Å²) in [6, 6.07) is 14.1. The Morgan fingerprint density at radius 3 is 2.08 bits per heavy atom. The molecule has 38 heavy (non-hydrogen) atoms. The molecule has 0 bridgehead atoms. The molecule has 1 aliphatic rings. The van der Waals surface area contributed by atoms with Gasteiger partial charge in [0.1, 0.15) is 16.4 Å². The molecule has 7 nitrogen and oxygen atoms in total. The van der Waals surface area contributed by atoms with E-state index in [-0.39, 0.29) is 63.7 Å². The van der Waals surface area contributed by atoms with Crippen LogP contribution in [0.3, 0.4) is 0 Å². The maximum Gasteiger partial charge on any atom is 0.416 e. The van der Waals surface area contributed by atoms with Crippen molar-refractivity contribution in [3.05, 3.63) is 87.4 Å². The highest BCUT2D eigenvalue weighted by atomic mass is 35.5. The molecule has 0 spiro atoms. The fourth-order valence-corrected chi connectivity index (χ4v) is 5.90. The number of nitriles is 1. The van der Waals surface area contributed by atoms with Gasteiger partial charge in [-0.1, -0.05) is 23.2 Å². The first kappa shape index (κ1) is 27.7. The molecule has 198 valence electrons. The summed E-state index contributed by atoms with van der Waals surface area (Å²) in [7, 11) is -4.17. The van der Waals surface area contributed by atoms with Crippen LogP contribution < -0.4 is 4.74 Å². The number of nitrogens with zero attached hydrogens (tertiary/aromatic N) is 3. The van der Waals surface area contributed by atoms with Crippen molar-refractivity contribution in [2.24, 2.45) is 0 Å². The largest absolute Gasteiger partial charge is 0.456 e. The topological polar surface area (TPSA) is 90.7 Å². The number of carbonyl (C=O) groups is 1. The molecule has 0 aromatic heterocycles. The van der Waals surface area contributed by atoms with E-state index in [0.717, 1.165) is 28.6 Å². The van der Waals surface area contributed by atoms with Crippen LogP contribution in [0.25, 0.3) is 0 Å². The van der Waals surface area contributed by atoms with Crippen molar-refractivity contribution in [3.8, 4) is 17.6 Å². The van der Waals surface area contributed by atoms with E-state index in [1.54, 1.807) is 0 Å². The molecule has 4 rings (SSSR count). The van der Waals surface area contributed by atoms with Crippen molar-refractivity contribution in [2.45, 2.75) is 11.1 Å². The Bertz CT molecular complexity index is 1500. The van der Waals surface area contributed by atoms with Crippen LogP contribution >= 0.6 is 23.2 Å². The van der Waals surface area contributed by atoms with Crippen LogP contribution in [0.1, 0.15) is 21.5 Å². The molecular formula is C25H18Cl2F3N3O4S. The summed E-state index contributed by atoms with van der Waals surface area (Å²) in [5, 5.41) is 9.87. The van der Waals surface area contributed by atoms with E-state index >= 15 is 0 Å². The van der Waals surface area contributed by atoms with Crippen molar-refractivity contribution in [1.82, 2.24) is 9.21 Å². The summed E-state index contributed by atoms with van der Waals surface area (Å²) >= 11 is 12.0. The molecule has 1 heterocycles. The smallest absolute Gasteiger partial charge is 0.416 e. The normalized spacial score (nSPS) is 14.7. The Kier molecular flexibility index (Phi) is 7.90. The van der Waals surface area contributed by atoms with Crippen LogP contribution in [0.5, 0.6) is 11.5 Å². The van der Waals surface area contributed by atoms with Gasteiger partial charge in [0.2, 0.25) is 10.0 Å². The van der Waals surface area contributed by atoms with Crippen molar-refractivity contribution in [3.63, 3.8) is 0 Å². The minimum Gasteiger partial charge on any atom is -0.456 e.